The van der Waals surface area contributed by atoms with Crippen LogP contribution in [0.25, 0.3) is 0 Å². The highest BCUT2D eigenvalue weighted by Crippen LogP contribution is 2.46. The highest BCUT2D eigenvalue weighted by atomic mass is 33.1. The lowest BCUT2D eigenvalue weighted by atomic mass is 9.99. The van der Waals surface area contributed by atoms with E-state index in [2.05, 4.69) is 0 Å². The smallest absolute Gasteiger partial charge is 0.231 e. The summed E-state index contributed by atoms with van der Waals surface area (Å²) in [5.74, 6) is -3.18. The minimum atomic E-state index is -0.796. The second-order valence-electron chi connectivity index (χ2n) is 12.7. The second-order valence-corrected chi connectivity index (χ2v) is 16.0. The Labute approximate surface area is 264 Å². The molecule has 42 heavy (non-hydrogen) atoms. The van der Waals surface area contributed by atoms with E-state index in [4.69, 9.17) is 81.3 Å². The molecule has 0 radical (unpaired) electrons. The molecule has 6 heterocycles. The predicted octanol–water partition coefficient (Wildman–Crippen LogP) is 3.76. The third-order valence-electron chi connectivity index (χ3n) is 7.41. The molecule has 0 aromatic rings. The first-order chi connectivity index (χ1) is 19.5. The summed E-state index contributed by atoms with van der Waals surface area (Å²) in [7, 11) is 2.35. The van der Waals surface area contributed by atoms with Crippen LogP contribution in [0.15, 0.2) is 0 Å². The molecule has 6 rings (SSSR count). The number of fused-ring (bicyclic) bond motifs is 6. The number of ether oxygens (including phenoxy) is 12. The Hall–Kier alpha value is 0.0800. The molecular weight excluding hydrogens is 633 g/mol. The van der Waals surface area contributed by atoms with Gasteiger partial charge in [0, 0.05) is 21.6 Å². The van der Waals surface area contributed by atoms with Crippen molar-refractivity contribution in [3.8, 4) is 0 Å². The van der Waals surface area contributed by atoms with E-state index in [0.29, 0.717) is 0 Å². The van der Waals surface area contributed by atoms with Crippen molar-refractivity contribution in [1.82, 2.24) is 0 Å². The zero-order valence-electron chi connectivity index (χ0n) is 24.7. The van der Waals surface area contributed by atoms with Crippen molar-refractivity contribution in [3.63, 3.8) is 0 Å². The summed E-state index contributed by atoms with van der Waals surface area (Å²) in [6.07, 6.45) is -4.53. The predicted molar refractivity (Wildman–Crippen MR) is 157 cm³/mol. The number of rotatable bonds is 4. The standard InChI is InChI=1S/C26H38O12S4/c1-23(2)31-13-11(29-19-17(15(13)33-23)35-25(5,6)37-19)9-27-21(39)41-42-22(40)28-10-12-14-16(34-24(3,4)32-14)18-20(30-12)38-26(7,8)36-18/h11-20H,9-10H2,1-8H3/t11-,12-,13-,14+,15+,16-,17-,18-,19+,20+/m1/s1. The molecule has 10 atom stereocenters. The van der Waals surface area contributed by atoms with E-state index in [0.717, 1.165) is 0 Å². The van der Waals surface area contributed by atoms with E-state index in [-0.39, 0.29) is 34.2 Å². The van der Waals surface area contributed by atoms with Crippen LogP contribution in [-0.2, 0) is 56.8 Å². The van der Waals surface area contributed by atoms with E-state index in [1.54, 1.807) is 0 Å². The van der Waals surface area contributed by atoms with Gasteiger partial charge >= 0.3 is 0 Å². The van der Waals surface area contributed by atoms with E-state index in [1.807, 2.05) is 55.4 Å². The Morgan fingerprint density at radius 2 is 0.810 bits per heavy atom. The highest BCUT2D eigenvalue weighted by molar-refractivity contribution is 8.89. The molecule has 6 saturated heterocycles. The van der Waals surface area contributed by atoms with Gasteiger partial charge in [0.05, 0.1) is 0 Å². The van der Waals surface area contributed by atoms with Gasteiger partial charge in [-0.05, 0) is 79.8 Å². The van der Waals surface area contributed by atoms with Crippen LogP contribution in [0, 0.1) is 0 Å². The van der Waals surface area contributed by atoms with Crippen molar-refractivity contribution in [2.24, 2.45) is 0 Å². The summed E-state index contributed by atoms with van der Waals surface area (Å²) in [4.78, 5) is 0. The zero-order chi connectivity index (χ0) is 30.2. The van der Waals surface area contributed by atoms with Gasteiger partial charge in [-0.25, -0.2) is 0 Å². The maximum Gasteiger partial charge on any atom is 0.231 e. The average Bonchev–Trinajstić information content (AvgIpc) is 3.56. The highest BCUT2D eigenvalue weighted by Gasteiger charge is 2.62. The van der Waals surface area contributed by atoms with Crippen LogP contribution < -0.4 is 0 Å². The van der Waals surface area contributed by atoms with Crippen LogP contribution in [-0.4, -0.2) is 107 Å². The summed E-state index contributed by atoms with van der Waals surface area (Å²) >= 11 is 10.9. The SMILES string of the molecule is CC1(C)O[C@@H]2[C@@H](O1)[C@@H](COC(=S)SSC(=S)OC[C@H]1O[C@H]3OC(C)(C)O[C@@H]3[C@H]3OC(C)(C)O[C@@H]31)O[C@H]1OC(C)(C)O[C@@H]12. The number of thiocarbonyl (C=S) groups is 2. The van der Waals surface area contributed by atoms with E-state index in [9.17, 15) is 0 Å². The normalized spacial score (nSPS) is 43.6. The molecule has 12 nitrogen and oxygen atoms in total. The minimum absolute atomic E-state index is 0.140. The van der Waals surface area contributed by atoms with Crippen molar-refractivity contribution >= 4 is 54.8 Å². The van der Waals surface area contributed by atoms with Gasteiger partial charge in [0.15, 0.2) is 35.7 Å². The topological polar surface area (TPSA) is 111 Å². The monoisotopic (exact) mass is 670 g/mol. The van der Waals surface area contributed by atoms with Crippen LogP contribution in [0.1, 0.15) is 55.4 Å². The molecular formula is C26H38O12S4. The first-order valence-corrected chi connectivity index (χ1v) is 16.9. The fourth-order valence-electron chi connectivity index (χ4n) is 6.07. The van der Waals surface area contributed by atoms with Gasteiger partial charge in [-0.15, -0.1) is 0 Å². The molecule has 0 aromatic carbocycles. The molecule has 0 N–H and O–H groups in total. The molecule has 0 unspecified atom stereocenters. The fourth-order valence-corrected chi connectivity index (χ4v) is 7.89. The van der Waals surface area contributed by atoms with E-state index in [1.165, 1.54) is 21.6 Å². The minimum Gasteiger partial charge on any atom is -0.475 e. The first kappa shape index (κ1) is 32.0. The molecule has 0 spiro atoms. The van der Waals surface area contributed by atoms with Gasteiger partial charge < -0.3 is 56.8 Å². The third-order valence-corrected chi connectivity index (χ3v) is 10.5. The summed E-state index contributed by atoms with van der Waals surface area (Å²) < 4.78 is 73.1. The Kier molecular flexibility index (Phi) is 8.70. The molecule has 6 fully saturated rings. The van der Waals surface area contributed by atoms with Gasteiger partial charge in [-0.2, -0.15) is 0 Å². The molecule has 6 aliphatic heterocycles. The second kappa shape index (κ2) is 11.4. The van der Waals surface area contributed by atoms with Crippen LogP contribution in [0.5, 0.6) is 0 Å². The van der Waals surface area contributed by atoms with Gasteiger partial charge in [-0.3, -0.25) is 0 Å². The molecule has 238 valence electrons. The van der Waals surface area contributed by atoms with Crippen molar-refractivity contribution in [1.29, 1.82) is 0 Å². The van der Waals surface area contributed by atoms with Gasteiger partial charge in [-0.1, -0.05) is 0 Å². The number of hydrogen-bond donors (Lipinski definition) is 0. The molecule has 0 aliphatic carbocycles. The Balaban J connectivity index is 0.975. The molecule has 0 bridgehead atoms. The zero-order valence-corrected chi connectivity index (χ0v) is 28.0. The van der Waals surface area contributed by atoms with Crippen molar-refractivity contribution in [3.05, 3.63) is 0 Å². The molecule has 0 aromatic heterocycles. The van der Waals surface area contributed by atoms with Crippen molar-refractivity contribution < 1.29 is 56.8 Å². The molecule has 0 amide bonds. The van der Waals surface area contributed by atoms with Crippen LogP contribution in [0.3, 0.4) is 0 Å². The maximum atomic E-state index is 6.17. The van der Waals surface area contributed by atoms with Crippen LogP contribution in [0.2, 0.25) is 0 Å². The van der Waals surface area contributed by atoms with Gasteiger partial charge in [0.25, 0.3) is 0 Å². The summed E-state index contributed by atoms with van der Waals surface area (Å²) in [6.45, 7) is 15.1. The Bertz CT molecular complexity index is 990. The lowest BCUT2D eigenvalue weighted by molar-refractivity contribution is -0.239. The summed E-state index contributed by atoms with van der Waals surface area (Å²) in [6, 6.07) is 0. The molecule has 6 aliphatic rings. The van der Waals surface area contributed by atoms with Crippen LogP contribution >= 0.6 is 46.0 Å². The quantitative estimate of drug-likeness (QED) is 0.319. The largest absolute Gasteiger partial charge is 0.475 e. The number of hydrogen-bond acceptors (Lipinski definition) is 16. The van der Waals surface area contributed by atoms with Crippen LogP contribution in [0.4, 0.5) is 0 Å². The van der Waals surface area contributed by atoms with Gasteiger partial charge in [0.1, 0.15) is 62.0 Å². The Morgan fingerprint density at radius 3 is 1.19 bits per heavy atom. The van der Waals surface area contributed by atoms with Gasteiger partial charge in [0.2, 0.25) is 8.77 Å². The first-order valence-electron chi connectivity index (χ1n) is 13.9. The van der Waals surface area contributed by atoms with E-state index >= 15 is 0 Å². The fraction of sp³-hybridized carbons (Fsp3) is 0.923. The molecule has 16 heteroatoms. The summed E-state index contributed by atoms with van der Waals surface area (Å²) in [5, 5.41) is 0. The van der Waals surface area contributed by atoms with E-state index < -0.39 is 72.4 Å². The lowest BCUT2D eigenvalue weighted by Gasteiger charge is -2.37. The van der Waals surface area contributed by atoms with Crippen molar-refractivity contribution in [2.45, 2.75) is 140 Å². The summed E-state index contributed by atoms with van der Waals surface area (Å²) in [5.41, 5.74) is 0. The third kappa shape index (κ3) is 6.77. The Morgan fingerprint density at radius 1 is 0.500 bits per heavy atom. The lowest BCUT2D eigenvalue weighted by Crippen LogP contribution is -2.56. The maximum absolute atomic E-state index is 6.17. The molecule has 0 saturated carbocycles. The average molecular weight is 671 g/mol. The van der Waals surface area contributed by atoms with Crippen molar-refractivity contribution in [2.75, 3.05) is 13.2 Å².